The molecule has 1 atom stereocenters. The van der Waals surface area contributed by atoms with Gasteiger partial charge in [0.15, 0.2) is 0 Å². The Bertz CT molecular complexity index is 930. The minimum atomic E-state index is 0.0559. The normalized spacial score (nSPS) is 20.1. The number of methoxy groups -OCH3 is 1. The molecule has 2 aliphatic heterocycles. The molecule has 6 heteroatoms. The number of hydrogen-bond donors (Lipinski definition) is 0. The molecule has 1 saturated heterocycles. The Hall–Kier alpha value is -2.89. The van der Waals surface area contributed by atoms with Crippen LogP contribution in [0.25, 0.3) is 0 Å². The smallest absolute Gasteiger partial charge is 0.226 e. The zero-order chi connectivity index (χ0) is 21.8. The van der Waals surface area contributed by atoms with Gasteiger partial charge in [-0.1, -0.05) is 24.3 Å². The highest BCUT2D eigenvalue weighted by Crippen LogP contribution is 2.32. The number of anilines is 1. The van der Waals surface area contributed by atoms with Crippen molar-refractivity contribution >= 4 is 11.7 Å². The lowest BCUT2D eigenvalue weighted by Crippen LogP contribution is -2.42. The summed E-state index contributed by atoms with van der Waals surface area (Å²) in [6.07, 6.45) is 7.19. The minimum Gasteiger partial charge on any atom is -0.497 e. The summed E-state index contributed by atoms with van der Waals surface area (Å²) in [5.74, 6) is 3.39. The molecule has 0 bridgehead atoms. The molecule has 3 heterocycles. The predicted molar refractivity (Wildman–Crippen MR) is 122 cm³/mol. The molecule has 1 aromatic carbocycles. The van der Waals surface area contributed by atoms with Gasteiger partial charge in [0.05, 0.1) is 7.11 Å². The van der Waals surface area contributed by atoms with Gasteiger partial charge >= 0.3 is 0 Å². The molecule has 0 radical (unpaired) electrons. The van der Waals surface area contributed by atoms with E-state index in [9.17, 15) is 4.79 Å². The Morgan fingerprint density at radius 1 is 1.10 bits per heavy atom. The van der Waals surface area contributed by atoms with Gasteiger partial charge in [-0.2, -0.15) is 0 Å². The molecule has 0 spiro atoms. The maximum atomic E-state index is 13.5. The van der Waals surface area contributed by atoms with Gasteiger partial charge in [0.25, 0.3) is 0 Å². The van der Waals surface area contributed by atoms with Crippen molar-refractivity contribution in [2.45, 2.75) is 39.7 Å². The van der Waals surface area contributed by atoms with E-state index in [1.165, 1.54) is 0 Å². The molecule has 1 amide bonds. The molecule has 164 valence electrons. The van der Waals surface area contributed by atoms with Gasteiger partial charge in [-0.15, -0.1) is 0 Å². The van der Waals surface area contributed by atoms with Gasteiger partial charge < -0.3 is 14.5 Å². The SMILES string of the molecule is COc1cccc(CN2CC=CC[C@@H](C3CCN(c4cc(C)nc(C)n4)CC3)C2=O)c1. The van der Waals surface area contributed by atoms with Crippen LogP contribution in [0.2, 0.25) is 0 Å². The van der Waals surface area contributed by atoms with E-state index in [1.807, 2.05) is 36.9 Å². The van der Waals surface area contributed by atoms with Crippen LogP contribution in [-0.2, 0) is 11.3 Å². The zero-order valence-corrected chi connectivity index (χ0v) is 18.8. The first-order chi connectivity index (χ1) is 15.0. The summed E-state index contributed by atoms with van der Waals surface area (Å²) in [6.45, 7) is 7.11. The number of ether oxygens (including phenoxy) is 1. The molecule has 31 heavy (non-hydrogen) atoms. The maximum absolute atomic E-state index is 13.5. The summed E-state index contributed by atoms with van der Waals surface area (Å²) in [5, 5.41) is 0. The topological polar surface area (TPSA) is 58.6 Å². The highest BCUT2D eigenvalue weighted by atomic mass is 16.5. The van der Waals surface area contributed by atoms with Crippen LogP contribution >= 0.6 is 0 Å². The molecule has 2 aromatic rings. The molecule has 0 N–H and O–H groups in total. The lowest BCUT2D eigenvalue weighted by atomic mass is 9.81. The Balaban J connectivity index is 1.42. The lowest BCUT2D eigenvalue weighted by Gasteiger charge is -2.37. The summed E-state index contributed by atoms with van der Waals surface area (Å²) in [5.41, 5.74) is 2.10. The second kappa shape index (κ2) is 9.50. The fourth-order valence-electron chi connectivity index (χ4n) is 4.79. The molecule has 6 nitrogen and oxygen atoms in total. The van der Waals surface area contributed by atoms with Crippen LogP contribution < -0.4 is 9.64 Å². The average molecular weight is 421 g/mol. The number of amides is 1. The largest absolute Gasteiger partial charge is 0.497 e. The number of allylic oxidation sites excluding steroid dienone is 1. The van der Waals surface area contributed by atoms with Gasteiger partial charge in [0.2, 0.25) is 5.91 Å². The van der Waals surface area contributed by atoms with Crippen LogP contribution in [0.1, 0.15) is 36.3 Å². The van der Waals surface area contributed by atoms with E-state index in [1.54, 1.807) is 7.11 Å². The van der Waals surface area contributed by atoms with Crippen LogP contribution in [0, 0.1) is 25.7 Å². The van der Waals surface area contributed by atoms with E-state index in [0.29, 0.717) is 19.0 Å². The first-order valence-corrected chi connectivity index (χ1v) is 11.2. The summed E-state index contributed by atoms with van der Waals surface area (Å²) < 4.78 is 5.34. The quantitative estimate of drug-likeness (QED) is 0.686. The Kier molecular flexibility index (Phi) is 6.54. The van der Waals surface area contributed by atoms with Gasteiger partial charge in [-0.3, -0.25) is 4.79 Å². The third-order valence-corrected chi connectivity index (χ3v) is 6.40. The molecule has 1 aromatic heterocycles. The number of benzene rings is 1. The maximum Gasteiger partial charge on any atom is 0.226 e. The van der Waals surface area contributed by atoms with Crippen molar-refractivity contribution in [3.63, 3.8) is 0 Å². The zero-order valence-electron chi connectivity index (χ0n) is 18.8. The van der Waals surface area contributed by atoms with E-state index in [-0.39, 0.29) is 11.8 Å². The number of hydrogen-bond acceptors (Lipinski definition) is 5. The monoisotopic (exact) mass is 420 g/mol. The van der Waals surface area contributed by atoms with Crippen molar-refractivity contribution in [1.29, 1.82) is 0 Å². The standard InChI is InChI=1S/C25H32N4O2/c1-18-15-24(27-19(2)26-18)28-13-10-21(11-14-28)23-9-4-5-12-29(25(23)30)17-20-7-6-8-22(16-20)31-3/h4-8,15-16,21,23H,9-14,17H2,1-3H3/t23-/m0/s1. The third-order valence-electron chi connectivity index (χ3n) is 6.40. The fourth-order valence-corrected chi connectivity index (χ4v) is 4.79. The van der Waals surface area contributed by atoms with Crippen molar-refractivity contribution in [2.75, 3.05) is 31.6 Å². The third kappa shape index (κ3) is 5.06. The number of aryl methyl sites for hydroxylation is 2. The predicted octanol–water partition coefficient (Wildman–Crippen LogP) is 3.92. The van der Waals surface area contributed by atoms with E-state index in [2.05, 4.69) is 39.2 Å². The van der Waals surface area contributed by atoms with E-state index < -0.39 is 0 Å². The number of nitrogens with zero attached hydrogens (tertiary/aromatic N) is 4. The van der Waals surface area contributed by atoms with Crippen LogP contribution in [-0.4, -0.2) is 47.5 Å². The van der Waals surface area contributed by atoms with Crippen LogP contribution in [0.15, 0.2) is 42.5 Å². The summed E-state index contributed by atoms with van der Waals surface area (Å²) >= 11 is 0. The summed E-state index contributed by atoms with van der Waals surface area (Å²) in [6, 6.07) is 10.0. The van der Waals surface area contributed by atoms with Crippen LogP contribution in [0.5, 0.6) is 5.75 Å². The van der Waals surface area contributed by atoms with Crippen LogP contribution in [0.4, 0.5) is 5.82 Å². The number of aromatic nitrogens is 2. The van der Waals surface area contributed by atoms with Gasteiger partial charge in [0, 0.05) is 43.9 Å². The highest BCUT2D eigenvalue weighted by molar-refractivity contribution is 5.80. The average Bonchev–Trinajstić information content (AvgIpc) is 2.95. The molecular formula is C25H32N4O2. The van der Waals surface area contributed by atoms with Crippen molar-refractivity contribution in [1.82, 2.24) is 14.9 Å². The molecular weight excluding hydrogens is 388 g/mol. The molecule has 4 rings (SSSR count). The Morgan fingerprint density at radius 2 is 1.90 bits per heavy atom. The van der Waals surface area contributed by atoms with Crippen molar-refractivity contribution in [2.24, 2.45) is 11.8 Å². The van der Waals surface area contributed by atoms with Crippen molar-refractivity contribution < 1.29 is 9.53 Å². The molecule has 0 saturated carbocycles. The second-order valence-electron chi connectivity index (χ2n) is 8.62. The summed E-state index contributed by atoms with van der Waals surface area (Å²) in [7, 11) is 1.67. The first-order valence-electron chi connectivity index (χ1n) is 11.2. The minimum absolute atomic E-state index is 0.0559. The number of carbonyl (C=O) groups is 1. The number of carbonyl (C=O) groups excluding carboxylic acids is 1. The molecule has 0 unspecified atom stereocenters. The molecule has 1 fully saturated rings. The second-order valence-corrected chi connectivity index (χ2v) is 8.62. The van der Waals surface area contributed by atoms with Gasteiger partial charge in [0.1, 0.15) is 17.4 Å². The lowest BCUT2D eigenvalue weighted by molar-refractivity contribution is -0.137. The van der Waals surface area contributed by atoms with E-state index >= 15 is 0 Å². The molecule has 0 aliphatic carbocycles. The van der Waals surface area contributed by atoms with E-state index in [4.69, 9.17) is 4.74 Å². The first kappa shape index (κ1) is 21.3. The highest BCUT2D eigenvalue weighted by Gasteiger charge is 2.34. The van der Waals surface area contributed by atoms with Crippen LogP contribution in [0.3, 0.4) is 0 Å². The van der Waals surface area contributed by atoms with Gasteiger partial charge in [-0.05, 0) is 56.7 Å². The fraction of sp³-hybridized carbons (Fsp3) is 0.480. The van der Waals surface area contributed by atoms with E-state index in [0.717, 1.165) is 61.0 Å². The Morgan fingerprint density at radius 3 is 2.65 bits per heavy atom. The Labute approximate surface area is 184 Å². The van der Waals surface area contributed by atoms with Crippen molar-refractivity contribution in [3.8, 4) is 5.75 Å². The molecule has 2 aliphatic rings. The number of piperidine rings is 1. The number of rotatable bonds is 5. The summed E-state index contributed by atoms with van der Waals surface area (Å²) in [4.78, 5) is 26.8. The van der Waals surface area contributed by atoms with Gasteiger partial charge in [-0.25, -0.2) is 9.97 Å². The van der Waals surface area contributed by atoms with Crippen molar-refractivity contribution in [3.05, 3.63) is 59.6 Å².